The molecule has 0 spiro atoms. The van der Waals surface area contributed by atoms with E-state index in [4.69, 9.17) is 4.74 Å². The van der Waals surface area contributed by atoms with Crippen LogP contribution in [-0.4, -0.2) is 88.4 Å². The molecule has 6 nitrogen and oxygen atoms in total. The van der Waals surface area contributed by atoms with Crippen LogP contribution in [0, 0.1) is 5.92 Å². The number of likely N-dealkylation sites (tertiary alicyclic amines) is 2. The molecule has 2 N–H and O–H groups in total. The van der Waals surface area contributed by atoms with E-state index in [1.54, 1.807) is 7.11 Å². The number of hydrogen-bond acceptors (Lipinski definition) is 4. The highest BCUT2D eigenvalue weighted by atomic mass is 127. The van der Waals surface area contributed by atoms with Crippen LogP contribution >= 0.6 is 24.0 Å². The highest BCUT2D eigenvalue weighted by Crippen LogP contribution is 2.16. The van der Waals surface area contributed by atoms with Crippen molar-refractivity contribution in [3.63, 3.8) is 0 Å². The van der Waals surface area contributed by atoms with E-state index in [9.17, 15) is 0 Å². The minimum absolute atomic E-state index is 0. The summed E-state index contributed by atoms with van der Waals surface area (Å²) in [5, 5.41) is 7.22. The van der Waals surface area contributed by atoms with E-state index in [1.165, 1.54) is 71.2 Å². The zero-order valence-electron chi connectivity index (χ0n) is 17.7. The van der Waals surface area contributed by atoms with Gasteiger partial charge in [-0.1, -0.05) is 13.3 Å². The first kappa shape index (κ1) is 24.9. The lowest BCUT2D eigenvalue weighted by atomic mass is 9.97. The Morgan fingerprint density at radius 3 is 2.26 bits per heavy atom. The zero-order valence-corrected chi connectivity index (χ0v) is 20.0. The minimum atomic E-state index is 0. The zero-order chi connectivity index (χ0) is 18.6. The Kier molecular flexibility index (Phi) is 13.7. The van der Waals surface area contributed by atoms with Crippen LogP contribution in [0.3, 0.4) is 0 Å². The molecule has 0 unspecified atom stereocenters. The molecule has 0 aromatic carbocycles. The maximum Gasteiger partial charge on any atom is 0.191 e. The lowest BCUT2D eigenvalue weighted by molar-refractivity contribution is 0.120. The highest BCUT2D eigenvalue weighted by molar-refractivity contribution is 14.0. The molecule has 2 aliphatic rings. The smallest absolute Gasteiger partial charge is 0.191 e. The van der Waals surface area contributed by atoms with E-state index >= 15 is 0 Å². The lowest BCUT2D eigenvalue weighted by Crippen LogP contribution is -2.50. The topological polar surface area (TPSA) is 52.1 Å². The van der Waals surface area contributed by atoms with Crippen LogP contribution in [0.25, 0.3) is 0 Å². The van der Waals surface area contributed by atoms with E-state index < -0.39 is 0 Å². The largest absolute Gasteiger partial charge is 0.383 e. The third-order valence-electron chi connectivity index (χ3n) is 5.86. The quantitative estimate of drug-likeness (QED) is 0.292. The van der Waals surface area contributed by atoms with Crippen LogP contribution in [0.2, 0.25) is 0 Å². The van der Waals surface area contributed by atoms with E-state index in [1.807, 2.05) is 7.05 Å². The molecule has 2 rings (SSSR count). The molecule has 0 amide bonds. The SMILES string of the molecule is CCCCN1CCC(NC(=NC)NCC2CCN(CCOC)CC2)CC1.I. The number of nitrogens with one attached hydrogen (secondary N) is 2. The van der Waals surface area contributed by atoms with Crippen LogP contribution in [-0.2, 0) is 4.74 Å². The van der Waals surface area contributed by atoms with Crippen LogP contribution < -0.4 is 10.6 Å². The summed E-state index contributed by atoms with van der Waals surface area (Å²) < 4.78 is 5.18. The van der Waals surface area contributed by atoms with Gasteiger partial charge in [-0.05, 0) is 57.7 Å². The van der Waals surface area contributed by atoms with Gasteiger partial charge < -0.3 is 25.2 Å². The number of hydrogen-bond donors (Lipinski definition) is 2. The summed E-state index contributed by atoms with van der Waals surface area (Å²) in [4.78, 5) is 9.56. The summed E-state index contributed by atoms with van der Waals surface area (Å²) in [6, 6.07) is 0.565. The number of ether oxygens (including phenoxy) is 1. The van der Waals surface area contributed by atoms with Crippen LogP contribution in [0.1, 0.15) is 45.4 Å². The molecule has 0 aromatic heterocycles. The van der Waals surface area contributed by atoms with Gasteiger partial charge in [0.1, 0.15) is 0 Å². The molecule has 2 fully saturated rings. The van der Waals surface area contributed by atoms with Crippen molar-refractivity contribution >= 4 is 29.9 Å². The van der Waals surface area contributed by atoms with Gasteiger partial charge in [0.05, 0.1) is 6.61 Å². The summed E-state index contributed by atoms with van der Waals surface area (Å²) in [6.45, 7) is 11.3. The fraction of sp³-hybridized carbons (Fsp3) is 0.950. The second-order valence-electron chi connectivity index (χ2n) is 7.84. The fourth-order valence-corrected chi connectivity index (χ4v) is 3.95. The number of unbranched alkanes of at least 4 members (excludes halogenated alkanes) is 1. The average Bonchev–Trinajstić information content (AvgIpc) is 2.69. The number of halogens is 1. The molecule has 0 atom stereocenters. The molecule has 2 saturated heterocycles. The molecule has 0 aromatic rings. The van der Waals surface area contributed by atoms with Crippen molar-refractivity contribution in [2.24, 2.45) is 10.9 Å². The molecule has 0 aliphatic carbocycles. The third-order valence-corrected chi connectivity index (χ3v) is 5.86. The fourth-order valence-electron chi connectivity index (χ4n) is 3.95. The molecule has 7 heteroatoms. The predicted octanol–water partition coefficient (Wildman–Crippen LogP) is 2.39. The molecule has 0 bridgehead atoms. The van der Waals surface area contributed by atoms with E-state index in [-0.39, 0.29) is 24.0 Å². The first-order valence-corrected chi connectivity index (χ1v) is 10.7. The third kappa shape index (κ3) is 9.76. The van der Waals surface area contributed by atoms with Gasteiger partial charge in [0.2, 0.25) is 0 Å². The standard InChI is InChI=1S/C20H41N5O.HI/c1-4-5-10-24-13-8-19(9-14-24)23-20(21-2)22-17-18-6-11-25(12-7-18)15-16-26-3;/h18-19H,4-17H2,1-3H3,(H2,21,22,23);1H. The monoisotopic (exact) mass is 495 g/mol. The maximum absolute atomic E-state index is 5.18. The van der Waals surface area contributed by atoms with Gasteiger partial charge >= 0.3 is 0 Å². The minimum Gasteiger partial charge on any atom is -0.383 e. The predicted molar refractivity (Wildman–Crippen MR) is 125 cm³/mol. The molecular formula is C20H42IN5O. The van der Waals surface area contributed by atoms with Crippen molar-refractivity contribution in [1.29, 1.82) is 0 Å². The Morgan fingerprint density at radius 1 is 1.04 bits per heavy atom. The van der Waals surface area contributed by atoms with E-state index in [0.29, 0.717) is 6.04 Å². The van der Waals surface area contributed by atoms with Crippen LogP contribution in [0.4, 0.5) is 0 Å². The maximum atomic E-state index is 5.18. The molecule has 2 heterocycles. The van der Waals surface area contributed by atoms with Gasteiger partial charge in [0, 0.05) is 46.4 Å². The number of nitrogens with zero attached hydrogens (tertiary/aromatic N) is 3. The summed E-state index contributed by atoms with van der Waals surface area (Å²) in [7, 11) is 3.67. The van der Waals surface area contributed by atoms with Crippen molar-refractivity contribution < 1.29 is 4.74 Å². The van der Waals surface area contributed by atoms with Crippen molar-refractivity contribution in [2.75, 3.05) is 66.6 Å². The van der Waals surface area contributed by atoms with Gasteiger partial charge in [0.25, 0.3) is 0 Å². The molecular weight excluding hydrogens is 453 g/mol. The van der Waals surface area contributed by atoms with Crippen molar-refractivity contribution in [3.8, 4) is 0 Å². The first-order valence-electron chi connectivity index (χ1n) is 10.7. The molecule has 2 aliphatic heterocycles. The Hall–Kier alpha value is -0.120. The summed E-state index contributed by atoms with van der Waals surface area (Å²) in [5.74, 6) is 1.74. The summed E-state index contributed by atoms with van der Waals surface area (Å²) >= 11 is 0. The Bertz CT molecular complexity index is 394. The van der Waals surface area contributed by atoms with Crippen LogP contribution in [0.15, 0.2) is 4.99 Å². The van der Waals surface area contributed by atoms with Gasteiger partial charge in [-0.25, -0.2) is 0 Å². The Labute approximate surface area is 183 Å². The summed E-state index contributed by atoms with van der Waals surface area (Å²) in [5.41, 5.74) is 0. The molecule has 27 heavy (non-hydrogen) atoms. The first-order chi connectivity index (χ1) is 12.7. The number of guanidine groups is 1. The van der Waals surface area contributed by atoms with Gasteiger partial charge in [-0.2, -0.15) is 0 Å². The average molecular weight is 495 g/mol. The van der Waals surface area contributed by atoms with Gasteiger partial charge in [0.15, 0.2) is 5.96 Å². The van der Waals surface area contributed by atoms with Crippen LogP contribution in [0.5, 0.6) is 0 Å². The van der Waals surface area contributed by atoms with Crippen molar-refractivity contribution in [2.45, 2.75) is 51.5 Å². The lowest BCUT2D eigenvalue weighted by Gasteiger charge is -2.34. The second kappa shape index (κ2) is 14.8. The van der Waals surface area contributed by atoms with E-state index in [0.717, 1.165) is 31.6 Å². The number of piperidine rings is 2. The molecule has 160 valence electrons. The van der Waals surface area contributed by atoms with Crippen molar-refractivity contribution in [1.82, 2.24) is 20.4 Å². The Morgan fingerprint density at radius 2 is 1.67 bits per heavy atom. The summed E-state index contributed by atoms with van der Waals surface area (Å²) in [6.07, 6.45) is 7.60. The normalized spacial score (nSPS) is 21.1. The van der Waals surface area contributed by atoms with Crippen molar-refractivity contribution in [3.05, 3.63) is 0 Å². The van der Waals surface area contributed by atoms with Gasteiger partial charge in [-0.3, -0.25) is 4.99 Å². The number of methoxy groups -OCH3 is 1. The number of aliphatic imine (C=N–C) groups is 1. The molecule has 0 saturated carbocycles. The molecule has 0 radical (unpaired) electrons. The highest BCUT2D eigenvalue weighted by Gasteiger charge is 2.21. The Balaban J connectivity index is 0.00000364. The van der Waals surface area contributed by atoms with Gasteiger partial charge in [-0.15, -0.1) is 24.0 Å². The van der Waals surface area contributed by atoms with E-state index in [2.05, 4.69) is 32.3 Å². The number of rotatable bonds is 9. The second-order valence-corrected chi connectivity index (χ2v) is 7.84.